The lowest BCUT2D eigenvalue weighted by atomic mass is 9.82. The molecule has 0 aromatic carbocycles. The maximum Gasteiger partial charge on any atom is 0.309 e. The first kappa shape index (κ1) is 14.0. The van der Waals surface area contributed by atoms with Crippen molar-refractivity contribution in [1.82, 2.24) is 0 Å². The number of hydrogen-bond acceptors (Lipinski definition) is 5. The number of hydrogen-bond donors (Lipinski definition) is 1. The molecule has 1 aliphatic carbocycles. The minimum Gasteiger partial charge on any atom is -0.462 e. The van der Waals surface area contributed by atoms with Gasteiger partial charge in [0, 0.05) is 13.5 Å². The van der Waals surface area contributed by atoms with Gasteiger partial charge in [0.15, 0.2) is 0 Å². The molecule has 1 aliphatic rings. The maximum atomic E-state index is 11.6. The van der Waals surface area contributed by atoms with Crippen molar-refractivity contribution in [2.45, 2.75) is 32.6 Å². The van der Waals surface area contributed by atoms with E-state index in [0.29, 0.717) is 5.92 Å². The van der Waals surface area contributed by atoms with Crippen LogP contribution in [0.25, 0.3) is 0 Å². The number of esters is 2. The van der Waals surface area contributed by atoms with Gasteiger partial charge in [0.2, 0.25) is 0 Å². The Balaban J connectivity index is 2.14. The summed E-state index contributed by atoms with van der Waals surface area (Å²) >= 11 is 0. The van der Waals surface area contributed by atoms with Crippen molar-refractivity contribution < 1.29 is 24.2 Å². The van der Waals surface area contributed by atoms with Crippen molar-refractivity contribution in [2.75, 3.05) is 19.8 Å². The third-order valence-corrected chi connectivity index (χ3v) is 3.07. The smallest absolute Gasteiger partial charge is 0.309 e. The molecule has 17 heavy (non-hydrogen) atoms. The summed E-state index contributed by atoms with van der Waals surface area (Å²) in [7, 11) is 0. The van der Waals surface area contributed by atoms with Crippen LogP contribution < -0.4 is 0 Å². The highest BCUT2D eigenvalue weighted by molar-refractivity contribution is 5.72. The van der Waals surface area contributed by atoms with Crippen molar-refractivity contribution in [3.05, 3.63) is 0 Å². The summed E-state index contributed by atoms with van der Waals surface area (Å²) in [6.07, 6.45) is 3.30. The van der Waals surface area contributed by atoms with Crippen molar-refractivity contribution in [3.63, 3.8) is 0 Å². The monoisotopic (exact) mass is 244 g/mol. The van der Waals surface area contributed by atoms with E-state index in [2.05, 4.69) is 4.74 Å². The molecule has 0 bridgehead atoms. The van der Waals surface area contributed by atoms with Crippen LogP contribution in [0.4, 0.5) is 0 Å². The van der Waals surface area contributed by atoms with E-state index in [1.54, 1.807) is 0 Å². The number of rotatable bonds is 5. The normalized spacial score (nSPS) is 24.1. The molecule has 1 fully saturated rings. The minimum absolute atomic E-state index is 0.0601. The largest absolute Gasteiger partial charge is 0.462 e. The lowest BCUT2D eigenvalue weighted by Gasteiger charge is -2.25. The second-order valence-corrected chi connectivity index (χ2v) is 4.41. The van der Waals surface area contributed by atoms with Crippen molar-refractivity contribution in [1.29, 1.82) is 0 Å². The van der Waals surface area contributed by atoms with Gasteiger partial charge in [-0.25, -0.2) is 0 Å². The number of ether oxygens (including phenoxy) is 2. The SMILES string of the molecule is CC(=O)OCCOC(=O)C1CCC(CO)CC1. The second kappa shape index (κ2) is 7.27. The molecule has 98 valence electrons. The van der Waals surface area contributed by atoms with Gasteiger partial charge in [0.05, 0.1) is 5.92 Å². The lowest BCUT2D eigenvalue weighted by molar-refractivity contribution is -0.155. The van der Waals surface area contributed by atoms with E-state index in [1.807, 2.05) is 0 Å². The second-order valence-electron chi connectivity index (χ2n) is 4.41. The predicted molar refractivity (Wildman–Crippen MR) is 60.1 cm³/mol. The van der Waals surface area contributed by atoms with Crippen LogP contribution in [0.15, 0.2) is 0 Å². The van der Waals surface area contributed by atoms with Crippen LogP contribution in [0, 0.1) is 11.8 Å². The molecule has 0 heterocycles. The minimum atomic E-state index is -0.371. The van der Waals surface area contributed by atoms with Gasteiger partial charge < -0.3 is 14.6 Å². The first-order chi connectivity index (χ1) is 8.13. The van der Waals surface area contributed by atoms with Crippen LogP contribution in [0.3, 0.4) is 0 Å². The number of carbonyl (C=O) groups excluding carboxylic acids is 2. The van der Waals surface area contributed by atoms with Crippen molar-refractivity contribution in [2.24, 2.45) is 11.8 Å². The van der Waals surface area contributed by atoms with E-state index >= 15 is 0 Å². The third kappa shape index (κ3) is 5.17. The lowest BCUT2D eigenvalue weighted by Crippen LogP contribution is -2.26. The molecular weight excluding hydrogens is 224 g/mol. The number of carbonyl (C=O) groups is 2. The van der Waals surface area contributed by atoms with Crippen molar-refractivity contribution in [3.8, 4) is 0 Å². The summed E-state index contributed by atoms with van der Waals surface area (Å²) in [5.41, 5.74) is 0. The van der Waals surface area contributed by atoms with Crippen LogP contribution >= 0.6 is 0 Å². The molecule has 5 heteroatoms. The van der Waals surface area contributed by atoms with E-state index in [9.17, 15) is 9.59 Å². The fourth-order valence-electron chi connectivity index (χ4n) is 2.03. The Labute approximate surface area is 101 Å². The van der Waals surface area contributed by atoms with E-state index in [1.165, 1.54) is 6.92 Å². The maximum absolute atomic E-state index is 11.6. The Morgan fingerprint density at radius 3 is 2.24 bits per heavy atom. The van der Waals surface area contributed by atoms with Gasteiger partial charge in [-0.15, -0.1) is 0 Å². The first-order valence-electron chi connectivity index (χ1n) is 6.04. The van der Waals surface area contributed by atoms with Gasteiger partial charge in [0.25, 0.3) is 0 Å². The van der Waals surface area contributed by atoms with Crippen LogP contribution in [0.5, 0.6) is 0 Å². The summed E-state index contributed by atoms with van der Waals surface area (Å²) in [6, 6.07) is 0. The highest BCUT2D eigenvalue weighted by Gasteiger charge is 2.26. The molecule has 0 unspecified atom stereocenters. The molecule has 0 aromatic heterocycles. The first-order valence-corrected chi connectivity index (χ1v) is 6.04. The molecule has 0 aromatic rings. The summed E-state index contributed by atoms with van der Waals surface area (Å²) in [4.78, 5) is 22.1. The van der Waals surface area contributed by atoms with E-state index in [0.717, 1.165) is 25.7 Å². The summed E-state index contributed by atoms with van der Waals surface area (Å²) < 4.78 is 9.69. The van der Waals surface area contributed by atoms with E-state index in [4.69, 9.17) is 9.84 Å². The predicted octanol–water partition coefficient (Wildman–Crippen LogP) is 0.891. The molecule has 0 atom stereocenters. The zero-order valence-electron chi connectivity index (χ0n) is 10.2. The molecule has 0 radical (unpaired) electrons. The van der Waals surface area contributed by atoms with Gasteiger partial charge in [-0.3, -0.25) is 9.59 Å². The quantitative estimate of drug-likeness (QED) is 0.574. The molecule has 5 nitrogen and oxygen atoms in total. The molecule has 1 rings (SSSR count). The van der Waals surface area contributed by atoms with Gasteiger partial charge in [0.1, 0.15) is 13.2 Å². The standard InChI is InChI=1S/C12H20O5/c1-9(14)16-6-7-17-12(15)11-4-2-10(8-13)3-5-11/h10-11,13H,2-8H2,1H3. The van der Waals surface area contributed by atoms with Gasteiger partial charge in [-0.2, -0.15) is 0 Å². The average Bonchev–Trinajstić information content (AvgIpc) is 2.34. The van der Waals surface area contributed by atoms with Gasteiger partial charge >= 0.3 is 11.9 Å². The molecule has 1 N–H and O–H groups in total. The molecule has 0 spiro atoms. The molecule has 0 saturated heterocycles. The summed E-state index contributed by atoms with van der Waals surface area (Å²) in [6.45, 7) is 1.76. The average molecular weight is 244 g/mol. The molecule has 0 aliphatic heterocycles. The van der Waals surface area contributed by atoms with Crippen LogP contribution in [-0.4, -0.2) is 36.9 Å². The molecule has 1 saturated carbocycles. The van der Waals surface area contributed by atoms with Gasteiger partial charge in [-0.05, 0) is 31.6 Å². The summed E-state index contributed by atoms with van der Waals surface area (Å²) in [5.74, 6) is -0.312. The van der Waals surface area contributed by atoms with Crippen LogP contribution in [0.1, 0.15) is 32.6 Å². The highest BCUT2D eigenvalue weighted by atomic mass is 16.6. The van der Waals surface area contributed by atoms with Crippen LogP contribution in [0.2, 0.25) is 0 Å². The molecule has 0 amide bonds. The fraction of sp³-hybridized carbons (Fsp3) is 0.833. The Bertz CT molecular complexity index is 256. The number of aliphatic hydroxyl groups excluding tert-OH is 1. The Hall–Kier alpha value is -1.10. The fourth-order valence-corrected chi connectivity index (χ4v) is 2.03. The van der Waals surface area contributed by atoms with Crippen molar-refractivity contribution >= 4 is 11.9 Å². The summed E-state index contributed by atoms with van der Waals surface area (Å²) in [5, 5.41) is 8.98. The zero-order chi connectivity index (χ0) is 12.7. The van der Waals surface area contributed by atoms with Gasteiger partial charge in [-0.1, -0.05) is 0 Å². The molecular formula is C12H20O5. The topological polar surface area (TPSA) is 72.8 Å². The zero-order valence-corrected chi connectivity index (χ0v) is 10.2. The van der Waals surface area contributed by atoms with E-state index < -0.39 is 0 Å². The Morgan fingerprint density at radius 2 is 1.71 bits per heavy atom. The third-order valence-electron chi connectivity index (χ3n) is 3.07. The highest BCUT2D eigenvalue weighted by Crippen LogP contribution is 2.29. The number of aliphatic hydroxyl groups is 1. The Morgan fingerprint density at radius 1 is 1.12 bits per heavy atom. The van der Waals surface area contributed by atoms with Crippen LogP contribution in [-0.2, 0) is 19.1 Å². The van der Waals surface area contributed by atoms with E-state index in [-0.39, 0.29) is 37.7 Å². The Kier molecular flexibility index (Phi) is 5.97.